The first-order valence-corrected chi connectivity index (χ1v) is 6.41. The molecule has 1 aromatic heterocycles. The summed E-state index contributed by atoms with van der Waals surface area (Å²) in [6.07, 6.45) is 1.55. The van der Waals surface area contributed by atoms with Crippen LogP contribution in [0.5, 0.6) is 0 Å². The average Bonchev–Trinajstić information content (AvgIpc) is 2.26. The number of aryl methyl sites for hydroxylation is 1. The number of aromatic amines is 1. The topological polar surface area (TPSA) is 32.9 Å². The Morgan fingerprint density at radius 3 is 2.88 bits per heavy atom. The van der Waals surface area contributed by atoms with Gasteiger partial charge in [-0.15, -0.1) is 11.6 Å². The zero-order chi connectivity index (χ0) is 11.5. The summed E-state index contributed by atoms with van der Waals surface area (Å²) in [6, 6.07) is 7.79. The van der Waals surface area contributed by atoms with Gasteiger partial charge in [0.15, 0.2) is 0 Å². The predicted molar refractivity (Wildman–Crippen MR) is 71.3 cm³/mol. The van der Waals surface area contributed by atoms with E-state index in [1.165, 1.54) is 0 Å². The third-order valence-corrected chi connectivity index (χ3v) is 3.23. The van der Waals surface area contributed by atoms with E-state index in [0.717, 1.165) is 33.8 Å². The molecule has 4 heteroatoms. The van der Waals surface area contributed by atoms with Gasteiger partial charge in [0.05, 0.1) is 0 Å². The Kier molecular flexibility index (Phi) is 3.66. The summed E-state index contributed by atoms with van der Waals surface area (Å²) >= 11 is 9.00. The molecule has 1 heterocycles. The SMILES string of the molecule is O=c1[nH]c2cc(Br)ccc2cc1CCCCl. The van der Waals surface area contributed by atoms with Gasteiger partial charge in [-0.05, 0) is 36.4 Å². The van der Waals surface area contributed by atoms with E-state index in [9.17, 15) is 4.79 Å². The molecule has 2 aromatic rings. The highest BCUT2D eigenvalue weighted by Crippen LogP contribution is 2.17. The number of rotatable bonds is 3. The Morgan fingerprint density at radius 1 is 1.31 bits per heavy atom. The maximum atomic E-state index is 11.7. The Hall–Kier alpha value is -0.800. The summed E-state index contributed by atoms with van der Waals surface area (Å²) in [4.78, 5) is 14.6. The molecule has 0 atom stereocenters. The quantitative estimate of drug-likeness (QED) is 0.865. The van der Waals surface area contributed by atoms with Crippen LogP contribution in [0.2, 0.25) is 0 Å². The van der Waals surface area contributed by atoms with Gasteiger partial charge in [0, 0.05) is 21.4 Å². The van der Waals surface area contributed by atoms with Crippen LogP contribution in [0.4, 0.5) is 0 Å². The molecule has 1 aromatic carbocycles. The van der Waals surface area contributed by atoms with Crippen LogP contribution in [0.3, 0.4) is 0 Å². The van der Waals surface area contributed by atoms with Crippen molar-refractivity contribution in [1.82, 2.24) is 4.98 Å². The third-order valence-electron chi connectivity index (χ3n) is 2.46. The standard InChI is InChI=1S/C12H11BrClNO/c13-10-4-3-8-6-9(2-1-5-14)12(16)15-11(8)7-10/h3-4,6-7H,1-2,5H2,(H,15,16). The van der Waals surface area contributed by atoms with Crippen LogP contribution in [-0.4, -0.2) is 10.9 Å². The van der Waals surface area contributed by atoms with Crippen LogP contribution in [0.1, 0.15) is 12.0 Å². The van der Waals surface area contributed by atoms with Gasteiger partial charge in [-0.2, -0.15) is 0 Å². The van der Waals surface area contributed by atoms with E-state index < -0.39 is 0 Å². The zero-order valence-corrected chi connectivity index (χ0v) is 10.9. The molecule has 0 bridgehead atoms. The highest BCUT2D eigenvalue weighted by molar-refractivity contribution is 9.10. The molecule has 0 aliphatic rings. The van der Waals surface area contributed by atoms with Crippen LogP contribution in [0, 0.1) is 0 Å². The number of H-pyrrole nitrogens is 1. The van der Waals surface area contributed by atoms with Gasteiger partial charge in [-0.25, -0.2) is 0 Å². The van der Waals surface area contributed by atoms with Crippen LogP contribution >= 0.6 is 27.5 Å². The largest absolute Gasteiger partial charge is 0.322 e. The second-order valence-electron chi connectivity index (χ2n) is 3.65. The molecule has 0 aliphatic carbocycles. The second kappa shape index (κ2) is 5.02. The predicted octanol–water partition coefficient (Wildman–Crippen LogP) is 3.46. The lowest BCUT2D eigenvalue weighted by Crippen LogP contribution is -2.12. The van der Waals surface area contributed by atoms with E-state index in [0.29, 0.717) is 5.88 Å². The fraction of sp³-hybridized carbons (Fsp3) is 0.250. The third kappa shape index (κ3) is 2.47. The van der Waals surface area contributed by atoms with Crippen LogP contribution in [0.15, 0.2) is 33.5 Å². The minimum atomic E-state index is -0.0179. The molecular weight excluding hydrogens is 289 g/mol. The highest BCUT2D eigenvalue weighted by Gasteiger charge is 2.02. The first-order valence-electron chi connectivity index (χ1n) is 5.08. The molecule has 2 rings (SSSR count). The number of alkyl halides is 1. The Labute approximate surface area is 107 Å². The summed E-state index contributed by atoms with van der Waals surface area (Å²) in [5.74, 6) is 0.581. The number of pyridine rings is 1. The van der Waals surface area contributed by atoms with Crippen molar-refractivity contribution in [3.63, 3.8) is 0 Å². The minimum Gasteiger partial charge on any atom is -0.322 e. The molecule has 0 aliphatic heterocycles. The number of nitrogens with one attached hydrogen (secondary N) is 1. The number of halogens is 2. The second-order valence-corrected chi connectivity index (χ2v) is 4.94. The Morgan fingerprint density at radius 2 is 2.12 bits per heavy atom. The number of aromatic nitrogens is 1. The number of benzene rings is 1. The van der Waals surface area contributed by atoms with Gasteiger partial charge < -0.3 is 4.98 Å². The number of fused-ring (bicyclic) bond motifs is 1. The summed E-state index contributed by atoms with van der Waals surface area (Å²) in [5, 5.41) is 1.05. The van der Waals surface area contributed by atoms with Gasteiger partial charge in [-0.3, -0.25) is 4.79 Å². The van der Waals surface area contributed by atoms with Crippen molar-refractivity contribution in [3.8, 4) is 0 Å². The molecule has 0 amide bonds. The number of hydrogen-bond acceptors (Lipinski definition) is 1. The molecule has 0 saturated heterocycles. The van der Waals surface area contributed by atoms with Crippen molar-refractivity contribution in [2.24, 2.45) is 0 Å². The molecule has 2 nitrogen and oxygen atoms in total. The Balaban J connectivity index is 2.50. The zero-order valence-electron chi connectivity index (χ0n) is 8.59. The summed E-state index contributed by atoms with van der Waals surface area (Å²) < 4.78 is 0.962. The smallest absolute Gasteiger partial charge is 0.251 e. The van der Waals surface area contributed by atoms with Crippen molar-refractivity contribution in [2.75, 3.05) is 5.88 Å². The monoisotopic (exact) mass is 299 g/mol. The maximum absolute atomic E-state index is 11.7. The lowest BCUT2D eigenvalue weighted by molar-refractivity contribution is 0.912. The van der Waals surface area contributed by atoms with Crippen molar-refractivity contribution in [1.29, 1.82) is 0 Å². The highest BCUT2D eigenvalue weighted by atomic mass is 79.9. The van der Waals surface area contributed by atoms with Gasteiger partial charge >= 0.3 is 0 Å². The van der Waals surface area contributed by atoms with E-state index in [1.807, 2.05) is 24.3 Å². The van der Waals surface area contributed by atoms with Crippen molar-refractivity contribution in [3.05, 3.63) is 44.7 Å². The Bertz CT molecular complexity index is 564. The molecule has 16 heavy (non-hydrogen) atoms. The first-order chi connectivity index (χ1) is 7.70. The van der Waals surface area contributed by atoms with Gasteiger partial charge in [0.1, 0.15) is 0 Å². The minimum absolute atomic E-state index is 0.0179. The molecular formula is C12H11BrClNO. The molecule has 0 radical (unpaired) electrons. The van der Waals surface area contributed by atoms with Crippen LogP contribution in [-0.2, 0) is 6.42 Å². The van der Waals surface area contributed by atoms with E-state index in [1.54, 1.807) is 0 Å². The first kappa shape index (κ1) is 11.7. The molecule has 0 fully saturated rings. The lowest BCUT2D eigenvalue weighted by atomic mass is 10.1. The fourth-order valence-electron chi connectivity index (χ4n) is 1.66. The lowest BCUT2D eigenvalue weighted by Gasteiger charge is -2.02. The van der Waals surface area contributed by atoms with E-state index in [2.05, 4.69) is 20.9 Å². The molecule has 84 valence electrons. The van der Waals surface area contributed by atoms with Gasteiger partial charge in [0.2, 0.25) is 0 Å². The molecule has 0 unspecified atom stereocenters. The summed E-state index contributed by atoms with van der Waals surface area (Å²) in [7, 11) is 0. The molecule has 0 saturated carbocycles. The van der Waals surface area contributed by atoms with E-state index in [-0.39, 0.29) is 5.56 Å². The van der Waals surface area contributed by atoms with Crippen molar-refractivity contribution < 1.29 is 0 Å². The maximum Gasteiger partial charge on any atom is 0.251 e. The molecule has 0 spiro atoms. The summed E-state index contributed by atoms with van der Waals surface area (Å²) in [6.45, 7) is 0. The molecule has 1 N–H and O–H groups in total. The normalized spacial score (nSPS) is 10.9. The van der Waals surface area contributed by atoms with Crippen molar-refractivity contribution in [2.45, 2.75) is 12.8 Å². The summed E-state index contributed by atoms with van der Waals surface area (Å²) in [5.41, 5.74) is 1.64. The fourth-order valence-corrected chi connectivity index (χ4v) is 2.16. The average molecular weight is 301 g/mol. The van der Waals surface area contributed by atoms with E-state index >= 15 is 0 Å². The van der Waals surface area contributed by atoms with Gasteiger partial charge in [0.25, 0.3) is 5.56 Å². The van der Waals surface area contributed by atoms with Crippen LogP contribution < -0.4 is 5.56 Å². The van der Waals surface area contributed by atoms with Gasteiger partial charge in [-0.1, -0.05) is 22.0 Å². The van der Waals surface area contributed by atoms with Crippen LogP contribution in [0.25, 0.3) is 10.9 Å². The van der Waals surface area contributed by atoms with E-state index in [4.69, 9.17) is 11.6 Å². The number of hydrogen-bond donors (Lipinski definition) is 1. The van der Waals surface area contributed by atoms with Crippen molar-refractivity contribution >= 4 is 38.4 Å².